The highest BCUT2D eigenvalue weighted by Crippen LogP contribution is 2.27. The summed E-state index contributed by atoms with van der Waals surface area (Å²) < 4.78 is 41.9. The van der Waals surface area contributed by atoms with Crippen LogP contribution in [0.2, 0.25) is 0 Å². The number of imidazole rings is 1. The fraction of sp³-hybridized carbons (Fsp3) is 0.208. The monoisotopic (exact) mass is 479 g/mol. The van der Waals surface area contributed by atoms with Crippen molar-refractivity contribution >= 4 is 23.0 Å². The summed E-state index contributed by atoms with van der Waals surface area (Å²) >= 11 is 0. The average Bonchev–Trinajstić information content (AvgIpc) is 3.44. The van der Waals surface area contributed by atoms with Crippen LogP contribution in [0.3, 0.4) is 0 Å². The molecule has 0 saturated carbocycles. The molecular formula is C24H20F3N7O. The Morgan fingerprint density at radius 2 is 1.80 bits per heavy atom. The van der Waals surface area contributed by atoms with Gasteiger partial charge in [0, 0.05) is 41.5 Å². The Labute approximate surface area is 197 Å². The van der Waals surface area contributed by atoms with Crippen LogP contribution in [0.25, 0.3) is 22.7 Å². The zero-order valence-electron chi connectivity index (χ0n) is 18.8. The number of hydrogen-bond acceptors (Lipinski definition) is 5. The molecule has 0 unspecified atom stereocenters. The van der Waals surface area contributed by atoms with Crippen molar-refractivity contribution in [1.82, 2.24) is 29.0 Å². The molecule has 5 rings (SSSR count). The maximum absolute atomic E-state index is 13.0. The quantitative estimate of drug-likeness (QED) is 0.397. The summed E-state index contributed by atoms with van der Waals surface area (Å²) in [4.78, 5) is 24.7. The van der Waals surface area contributed by atoms with Crippen molar-refractivity contribution in [3.8, 4) is 11.3 Å². The molecule has 0 aliphatic carbocycles. The van der Waals surface area contributed by atoms with Gasteiger partial charge >= 0.3 is 6.18 Å². The van der Waals surface area contributed by atoms with Crippen molar-refractivity contribution in [1.29, 1.82) is 0 Å². The van der Waals surface area contributed by atoms with Crippen LogP contribution in [0.5, 0.6) is 0 Å². The number of hydrogen-bond donors (Lipinski definition) is 1. The third-order valence-corrected chi connectivity index (χ3v) is 5.73. The number of anilines is 1. The summed E-state index contributed by atoms with van der Waals surface area (Å²) in [5, 5.41) is 6.39. The molecule has 0 spiro atoms. The Kier molecular flexibility index (Phi) is 5.46. The second kappa shape index (κ2) is 8.49. The number of nitrogens with one attached hydrogen (secondary N) is 1. The van der Waals surface area contributed by atoms with Gasteiger partial charge in [-0.3, -0.25) is 4.79 Å². The zero-order chi connectivity index (χ0) is 24.7. The number of aromatic nitrogens is 6. The molecule has 1 N–H and O–H groups in total. The van der Waals surface area contributed by atoms with E-state index in [0.29, 0.717) is 29.1 Å². The van der Waals surface area contributed by atoms with Gasteiger partial charge < -0.3 is 9.72 Å². The summed E-state index contributed by atoms with van der Waals surface area (Å²) in [6.45, 7) is 3.32. The number of carbonyl (C=O) groups is 1. The number of amides is 1. The van der Waals surface area contributed by atoms with E-state index in [-0.39, 0.29) is 18.1 Å². The number of alkyl halides is 3. The Balaban J connectivity index is 1.26. The van der Waals surface area contributed by atoms with Crippen LogP contribution in [0.4, 0.5) is 18.9 Å². The Bertz CT molecular complexity index is 1520. The van der Waals surface area contributed by atoms with Gasteiger partial charge in [0.15, 0.2) is 0 Å². The molecule has 35 heavy (non-hydrogen) atoms. The lowest BCUT2D eigenvalue weighted by Gasteiger charge is -2.11. The third kappa shape index (κ3) is 4.44. The lowest BCUT2D eigenvalue weighted by Crippen LogP contribution is -2.14. The van der Waals surface area contributed by atoms with Crippen LogP contribution >= 0.6 is 0 Å². The molecule has 178 valence electrons. The van der Waals surface area contributed by atoms with Crippen LogP contribution in [0, 0.1) is 13.8 Å². The molecule has 4 aromatic heterocycles. The largest absolute Gasteiger partial charge is 0.453 e. The van der Waals surface area contributed by atoms with Gasteiger partial charge in [0.1, 0.15) is 5.65 Å². The van der Waals surface area contributed by atoms with E-state index in [2.05, 4.69) is 25.4 Å². The maximum atomic E-state index is 13.0. The summed E-state index contributed by atoms with van der Waals surface area (Å²) in [7, 11) is 0. The van der Waals surface area contributed by atoms with Gasteiger partial charge in [0.25, 0.3) is 11.6 Å². The predicted octanol–water partition coefficient (Wildman–Crippen LogP) is 4.65. The second-order valence-electron chi connectivity index (χ2n) is 8.12. The van der Waals surface area contributed by atoms with E-state index in [9.17, 15) is 18.0 Å². The molecule has 1 amide bonds. The summed E-state index contributed by atoms with van der Waals surface area (Å²) in [5.41, 5.74) is 4.87. The van der Waals surface area contributed by atoms with E-state index in [0.717, 1.165) is 21.4 Å². The minimum Gasteiger partial charge on any atom is -0.326 e. The molecule has 8 nitrogen and oxygen atoms in total. The van der Waals surface area contributed by atoms with Crippen LogP contribution in [-0.4, -0.2) is 34.9 Å². The van der Waals surface area contributed by atoms with Crippen molar-refractivity contribution < 1.29 is 18.0 Å². The van der Waals surface area contributed by atoms with E-state index in [1.807, 2.05) is 47.1 Å². The molecule has 5 aromatic rings. The Hall–Kier alpha value is -4.28. The number of carbonyl (C=O) groups excluding carboxylic acids is 1. The van der Waals surface area contributed by atoms with Gasteiger partial charge in [0.2, 0.25) is 5.91 Å². The van der Waals surface area contributed by atoms with Gasteiger partial charge in [-0.2, -0.15) is 18.2 Å². The summed E-state index contributed by atoms with van der Waals surface area (Å²) in [6.07, 6.45) is -0.369. The average molecular weight is 479 g/mol. The summed E-state index contributed by atoms with van der Waals surface area (Å²) in [5.74, 6) is -1.58. The number of aryl methyl sites for hydroxylation is 2. The highest BCUT2D eigenvalue weighted by molar-refractivity contribution is 5.91. The van der Waals surface area contributed by atoms with Crippen molar-refractivity contribution in [3.63, 3.8) is 0 Å². The first-order valence-electron chi connectivity index (χ1n) is 10.8. The Morgan fingerprint density at radius 1 is 1.03 bits per heavy atom. The highest BCUT2D eigenvalue weighted by atomic mass is 19.4. The fourth-order valence-electron chi connectivity index (χ4n) is 3.95. The molecule has 11 heteroatoms. The second-order valence-corrected chi connectivity index (χ2v) is 8.12. The molecule has 0 radical (unpaired) electrons. The number of benzene rings is 1. The van der Waals surface area contributed by atoms with Gasteiger partial charge in [-0.15, -0.1) is 5.10 Å². The molecule has 0 fully saturated rings. The van der Waals surface area contributed by atoms with Gasteiger partial charge in [-0.1, -0.05) is 18.2 Å². The molecule has 1 aromatic carbocycles. The number of rotatable bonds is 5. The first kappa shape index (κ1) is 22.5. The van der Waals surface area contributed by atoms with E-state index >= 15 is 0 Å². The van der Waals surface area contributed by atoms with Gasteiger partial charge in [0.05, 0.1) is 5.69 Å². The van der Waals surface area contributed by atoms with Gasteiger partial charge in [-0.05, 0) is 50.1 Å². The minimum atomic E-state index is -4.66. The van der Waals surface area contributed by atoms with Crippen molar-refractivity contribution in [3.05, 3.63) is 77.6 Å². The SMILES string of the molecule is Cc1nc2nc(C(F)(F)F)nn2c(C)c1CCC(=O)Nc1ccc(-c2cn3ccccc3n2)cc1. The van der Waals surface area contributed by atoms with E-state index in [1.54, 1.807) is 26.0 Å². The molecule has 0 atom stereocenters. The molecule has 0 bridgehead atoms. The van der Waals surface area contributed by atoms with Crippen LogP contribution in [-0.2, 0) is 17.4 Å². The first-order chi connectivity index (χ1) is 16.7. The van der Waals surface area contributed by atoms with E-state index in [4.69, 9.17) is 0 Å². The van der Waals surface area contributed by atoms with Crippen LogP contribution in [0.1, 0.15) is 29.2 Å². The normalized spacial score (nSPS) is 11.9. The van der Waals surface area contributed by atoms with Crippen molar-refractivity contribution in [2.24, 2.45) is 0 Å². The van der Waals surface area contributed by atoms with Crippen LogP contribution < -0.4 is 5.32 Å². The molecule has 0 aliphatic heterocycles. The molecule has 4 heterocycles. The molecule has 0 saturated heterocycles. The minimum absolute atomic E-state index is 0.119. The fourth-order valence-corrected chi connectivity index (χ4v) is 3.95. The number of fused-ring (bicyclic) bond motifs is 2. The van der Waals surface area contributed by atoms with Gasteiger partial charge in [-0.25, -0.2) is 14.5 Å². The number of nitrogens with zero attached hydrogens (tertiary/aromatic N) is 6. The van der Waals surface area contributed by atoms with Crippen molar-refractivity contribution in [2.75, 3.05) is 5.32 Å². The van der Waals surface area contributed by atoms with E-state index < -0.39 is 12.0 Å². The Morgan fingerprint density at radius 3 is 2.51 bits per heavy atom. The summed E-state index contributed by atoms with van der Waals surface area (Å²) in [6, 6.07) is 13.1. The molecular weight excluding hydrogens is 459 g/mol. The maximum Gasteiger partial charge on any atom is 0.453 e. The number of pyridine rings is 1. The lowest BCUT2D eigenvalue weighted by molar-refractivity contribution is -0.144. The van der Waals surface area contributed by atoms with E-state index in [1.165, 1.54) is 0 Å². The van der Waals surface area contributed by atoms with Crippen molar-refractivity contribution in [2.45, 2.75) is 32.9 Å². The highest BCUT2D eigenvalue weighted by Gasteiger charge is 2.37. The smallest absolute Gasteiger partial charge is 0.326 e. The number of halogens is 3. The first-order valence-corrected chi connectivity index (χ1v) is 10.8. The standard InChI is InChI=1S/C24H20F3N7O/c1-14-18(15(2)34-23(28-14)31-22(32-34)24(25,26)27)10-11-21(35)29-17-8-6-16(7-9-17)19-13-33-12-4-3-5-20(33)30-19/h3-9,12-13H,10-11H2,1-2H3,(H,29,35). The van der Waals surface area contributed by atoms with Crippen LogP contribution in [0.15, 0.2) is 54.9 Å². The third-order valence-electron chi connectivity index (χ3n) is 5.73. The predicted molar refractivity (Wildman–Crippen MR) is 123 cm³/mol. The lowest BCUT2D eigenvalue weighted by atomic mass is 10.1. The zero-order valence-corrected chi connectivity index (χ0v) is 18.8. The topological polar surface area (TPSA) is 89.5 Å². The molecule has 0 aliphatic rings.